The second-order valence-electron chi connectivity index (χ2n) is 10.3. The summed E-state index contributed by atoms with van der Waals surface area (Å²) in [5.41, 5.74) is 2.69. The van der Waals surface area contributed by atoms with Crippen LogP contribution in [0.15, 0.2) is 67.3 Å². The van der Waals surface area contributed by atoms with Crippen molar-refractivity contribution in [2.45, 2.75) is 31.7 Å². The molecule has 1 aliphatic heterocycles. The van der Waals surface area contributed by atoms with Gasteiger partial charge < -0.3 is 25.5 Å². The molecule has 3 heterocycles. The van der Waals surface area contributed by atoms with E-state index in [0.717, 1.165) is 24.9 Å². The molecule has 5 rings (SSSR count). The molecule has 1 saturated carbocycles. The molecule has 0 bridgehead atoms. The lowest BCUT2D eigenvalue weighted by molar-refractivity contribution is -0.137. The van der Waals surface area contributed by atoms with Gasteiger partial charge in [0.15, 0.2) is 0 Å². The molecule has 1 saturated heterocycles. The smallest absolute Gasteiger partial charge is 0.305 e. The predicted octanol–water partition coefficient (Wildman–Crippen LogP) is 3.12. The number of carbonyl (C=O) groups excluding carboxylic acids is 3. The third-order valence-corrected chi connectivity index (χ3v) is 7.27. The van der Waals surface area contributed by atoms with Gasteiger partial charge in [-0.05, 0) is 61.2 Å². The van der Waals surface area contributed by atoms with Crippen molar-refractivity contribution in [3.05, 3.63) is 83.9 Å². The first kappa shape index (κ1) is 27.8. The SMILES string of the molecule is O=C(O)CC(NC(=O)c1ccc(N2CCCN(C(=O)c3cccnc3)CC2)c(NC(=O)C2CC2)c1)c1cccnc1. The van der Waals surface area contributed by atoms with Gasteiger partial charge in [-0.15, -0.1) is 0 Å². The first-order valence-electron chi connectivity index (χ1n) is 13.7. The lowest BCUT2D eigenvalue weighted by Gasteiger charge is -2.27. The van der Waals surface area contributed by atoms with E-state index in [4.69, 9.17) is 0 Å². The van der Waals surface area contributed by atoms with E-state index >= 15 is 0 Å². The van der Waals surface area contributed by atoms with Crippen molar-refractivity contribution < 1.29 is 24.3 Å². The standard InChI is InChI=1S/C30H32N6O5/c37-27(38)17-24(22-4-1-10-31-18-22)33-29(40)21-8-9-26(25(16-21)34-28(39)20-6-7-20)35-12-3-13-36(15-14-35)30(41)23-5-2-11-32-19-23/h1-2,4-5,8-11,16,18-20,24H,3,6-7,12-15,17H2,(H,33,40)(H,34,39)(H,37,38). The van der Waals surface area contributed by atoms with E-state index in [1.807, 2.05) is 4.90 Å². The number of carboxylic acid groups (broad SMARTS) is 1. The fraction of sp³-hybridized carbons (Fsp3) is 0.333. The highest BCUT2D eigenvalue weighted by atomic mass is 16.4. The molecular weight excluding hydrogens is 524 g/mol. The van der Waals surface area contributed by atoms with Gasteiger partial charge in [0.2, 0.25) is 5.91 Å². The van der Waals surface area contributed by atoms with Crippen LogP contribution in [0, 0.1) is 5.92 Å². The Morgan fingerprint density at radius 3 is 2.39 bits per heavy atom. The minimum absolute atomic E-state index is 0.0393. The highest BCUT2D eigenvalue weighted by molar-refractivity contribution is 6.01. The topological polar surface area (TPSA) is 145 Å². The van der Waals surface area contributed by atoms with Crippen LogP contribution >= 0.6 is 0 Å². The Balaban J connectivity index is 1.35. The van der Waals surface area contributed by atoms with E-state index in [-0.39, 0.29) is 24.2 Å². The van der Waals surface area contributed by atoms with Crippen LogP contribution in [-0.4, -0.2) is 69.8 Å². The van der Waals surface area contributed by atoms with Crippen LogP contribution in [0.2, 0.25) is 0 Å². The van der Waals surface area contributed by atoms with Crippen molar-refractivity contribution in [1.82, 2.24) is 20.2 Å². The molecule has 11 nitrogen and oxygen atoms in total. The maximum absolute atomic E-state index is 13.3. The zero-order valence-electron chi connectivity index (χ0n) is 22.5. The molecule has 1 atom stereocenters. The zero-order chi connectivity index (χ0) is 28.8. The van der Waals surface area contributed by atoms with Crippen molar-refractivity contribution in [2.24, 2.45) is 5.92 Å². The number of rotatable bonds is 9. The van der Waals surface area contributed by atoms with Crippen LogP contribution < -0.4 is 15.5 Å². The third kappa shape index (κ3) is 7.05. The fourth-order valence-electron chi connectivity index (χ4n) is 4.92. The molecule has 1 unspecified atom stereocenters. The predicted molar refractivity (Wildman–Crippen MR) is 151 cm³/mol. The summed E-state index contributed by atoms with van der Waals surface area (Å²) in [5, 5.41) is 15.2. The molecule has 2 fully saturated rings. The molecule has 3 aromatic rings. The molecule has 0 spiro atoms. The van der Waals surface area contributed by atoms with Crippen LogP contribution in [0.1, 0.15) is 58.0 Å². The number of carboxylic acids is 1. The average molecular weight is 557 g/mol. The van der Waals surface area contributed by atoms with Crippen LogP contribution in [-0.2, 0) is 9.59 Å². The van der Waals surface area contributed by atoms with E-state index < -0.39 is 17.9 Å². The number of carbonyl (C=O) groups is 4. The Kier molecular flexibility index (Phi) is 8.52. The summed E-state index contributed by atoms with van der Waals surface area (Å²) >= 11 is 0. The van der Waals surface area contributed by atoms with Gasteiger partial charge in [0, 0.05) is 62.4 Å². The van der Waals surface area contributed by atoms with Crippen LogP contribution in [0.25, 0.3) is 0 Å². The summed E-state index contributed by atoms with van der Waals surface area (Å²) in [6, 6.07) is 11.2. The van der Waals surface area contributed by atoms with Gasteiger partial charge in [-0.2, -0.15) is 0 Å². The second-order valence-corrected chi connectivity index (χ2v) is 10.3. The number of aliphatic carboxylic acids is 1. The quantitative estimate of drug-likeness (QED) is 0.365. The van der Waals surface area contributed by atoms with Crippen molar-refractivity contribution in [3.63, 3.8) is 0 Å². The van der Waals surface area contributed by atoms with E-state index in [0.29, 0.717) is 48.6 Å². The first-order valence-corrected chi connectivity index (χ1v) is 13.7. The maximum Gasteiger partial charge on any atom is 0.305 e. The van der Waals surface area contributed by atoms with E-state index in [9.17, 15) is 24.3 Å². The van der Waals surface area contributed by atoms with Gasteiger partial charge in [0.1, 0.15) is 0 Å². The van der Waals surface area contributed by atoms with Crippen LogP contribution in [0.4, 0.5) is 11.4 Å². The number of nitrogens with one attached hydrogen (secondary N) is 2. The number of benzene rings is 1. The Morgan fingerprint density at radius 1 is 0.927 bits per heavy atom. The first-order chi connectivity index (χ1) is 19.9. The van der Waals surface area contributed by atoms with Gasteiger partial charge >= 0.3 is 5.97 Å². The molecule has 1 aliphatic carbocycles. The van der Waals surface area contributed by atoms with Crippen molar-refractivity contribution in [2.75, 3.05) is 36.4 Å². The normalized spacial score (nSPS) is 15.9. The van der Waals surface area contributed by atoms with Gasteiger partial charge in [-0.3, -0.25) is 29.1 Å². The lowest BCUT2D eigenvalue weighted by atomic mass is 10.0. The molecule has 0 radical (unpaired) electrons. The van der Waals surface area contributed by atoms with Gasteiger partial charge in [0.05, 0.1) is 29.4 Å². The Morgan fingerprint density at radius 2 is 1.71 bits per heavy atom. The van der Waals surface area contributed by atoms with Crippen LogP contribution in [0.3, 0.4) is 0 Å². The number of amides is 3. The number of hydrogen-bond acceptors (Lipinski definition) is 7. The lowest BCUT2D eigenvalue weighted by Crippen LogP contribution is -2.35. The molecule has 212 valence electrons. The minimum atomic E-state index is -1.05. The van der Waals surface area contributed by atoms with Gasteiger partial charge in [-0.1, -0.05) is 6.07 Å². The number of nitrogens with zero attached hydrogens (tertiary/aromatic N) is 4. The van der Waals surface area contributed by atoms with Crippen molar-refractivity contribution in [3.8, 4) is 0 Å². The minimum Gasteiger partial charge on any atom is -0.481 e. The summed E-state index contributed by atoms with van der Waals surface area (Å²) in [6.45, 7) is 2.30. The van der Waals surface area contributed by atoms with Crippen molar-refractivity contribution >= 4 is 35.1 Å². The zero-order valence-corrected chi connectivity index (χ0v) is 22.5. The molecular formula is C30H32N6O5. The molecule has 2 aliphatic rings. The molecule has 3 N–H and O–H groups in total. The van der Waals surface area contributed by atoms with Crippen molar-refractivity contribution in [1.29, 1.82) is 0 Å². The summed E-state index contributed by atoms with van der Waals surface area (Å²) in [6.07, 6.45) is 8.39. The average Bonchev–Trinajstić information content (AvgIpc) is 3.85. The Bertz CT molecular complexity index is 1410. The second kappa shape index (κ2) is 12.6. The highest BCUT2D eigenvalue weighted by Gasteiger charge is 2.31. The van der Waals surface area contributed by atoms with Crippen LogP contribution in [0.5, 0.6) is 0 Å². The number of hydrogen-bond donors (Lipinski definition) is 3. The molecule has 3 amide bonds. The molecule has 11 heteroatoms. The summed E-state index contributed by atoms with van der Waals surface area (Å²) in [4.78, 5) is 62.6. The van der Waals surface area contributed by atoms with Gasteiger partial charge in [-0.25, -0.2) is 0 Å². The monoisotopic (exact) mass is 556 g/mol. The fourth-order valence-corrected chi connectivity index (χ4v) is 4.92. The van der Waals surface area contributed by atoms with E-state index in [1.165, 1.54) is 6.20 Å². The van der Waals surface area contributed by atoms with E-state index in [1.54, 1.807) is 61.1 Å². The summed E-state index contributed by atoms with van der Waals surface area (Å²) in [5.74, 6) is -1.71. The Hall–Kier alpha value is -4.80. The molecule has 41 heavy (non-hydrogen) atoms. The summed E-state index contributed by atoms with van der Waals surface area (Å²) in [7, 11) is 0. The summed E-state index contributed by atoms with van der Waals surface area (Å²) < 4.78 is 0. The Labute approximate surface area is 237 Å². The third-order valence-electron chi connectivity index (χ3n) is 7.27. The molecule has 1 aromatic carbocycles. The number of aromatic nitrogens is 2. The van der Waals surface area contributed by atoms with Gasteiger partial charge in [0.25, 0.3) is 11.8 Å². The number of pyridine rings is 2. The molecule has 2 aromatic heterocycles. The van der Waals surface area contributed by atoms with E-state index in [2.05, 4.69) is 25.5 Å². The largest absolute Gasteiger partial charge is 0.481 e. The highest BCUT2D eigenvalue weighted by Crippen LogP contribution is 2.34. The maximum atomic E-state index is 13.3. The number of anilines is 2.